The molecule has 4 heterocycles. The smallest absolute Gasteiger partial charge is 0.334 e. The molecule has 4 aliphatic heterocycles. The van der Waals surface area contributed by atoms with Gasteiger partial charge in [-0.25, -0.2) is 4.79 Å². The number of nitrogens with two attached hydrogens (primary N) is 2. The Labute approximate surface area is 274 Å². The fourth-order valence-corrected chi connectivity index (χ4v) is 8.85. The average molecular weight is 650 g/mol. The normalized spacial score (nSPS) is 43.5. The molecule has 13 unspecified atom stereocenters. The SMILES string of the molecule is CC=C(CCNC)C(=O)OC1CC2C(O)C3C(=O)CC(CO)OC3C(CC3CCNC(N)C3)C2OC1(C)CCC1CCC(N)NC1. The number of esters is 1. The summed E-state index contributed by atoms with van der Waals surface area (Å²) in [5.41, 5.74) is 12.2. The molecule has 5 rings (SSSR count). The van der Waals surface area contributed by atoms with Crippen LogP contribution in [0.5, 0.6) is 0 Å². The molecule has 12 heteroatoms. The molecule has 4 saturated heterocycles. The van der Waals surface area contributed by atoms with Crippen molar-refractivity contribution in [2.75, 3.05) is 33.3 Å². The number of hydrogen-bond acceptors (Lipinski definition) is 12. The Morgan fingerprint density at radius 1 is 1.15 bits per heavy atom. The van der Waals surface area contributed by atoms with Gasteiger partial charge in [-0.2, -0.15) is 0 Å². The van der Waals surface area contributed by atoms with Gasteiger partial charge in [-0.1, -0.05) is 6.08 Å². The summed E-state index contributed by atoms with van der Waals surface area (Å²) < 4.78 is 20.0. The minimum atomic E-state index is -1.01. The molecule has 0 spiro atoms. The predicted octanol–water partition coefficient (Wildman–Crippen LogP) is 0.683. The monoisotopic (exact) mass is 649 g/mol. The summed E-state index contributed by atoms with van der Waals surface area (Å²) in [5, 5.41) is 31.7. The number of hydrogen-bond donors (Lipinski definition) is 7. The van der Waals surface area contributed by atoms with Gasteiger partial charge >= 0.3 is 5.97 Å². The Morgan fingerprint density at radius 3 is 2.63 bits per heavy atom. The number of aliphatic hydroxyl groups excluding tert-OH is 2. The highest BCUT2D eigenvalue weighted by atomic mass is 16.6. The number of ketones is 1. The Morgan fingerprint density at radius 2 is 1.96 bits per heavy atom. The number of carbonyl (C=O) groups is 2. The van der Waals surface area contributed by atoms with E-state index in [1.54, 1.807) is 6.08 Å². The standard InChI is InChI=1S/C34H59N5O7/c1-4-21(9-11-37-3)33(43)45-26-16-23-30(42)29-25(41)15-22(18-40)44-32(29)24(13-20-8-12-38-28(36)14-20)31(23)46-34(26,2)10-7-19-5-6-27(35)39-17-19/h4,19-20,22-24,26-32,37-40,42H,5-18,35-36H2,1-3H3. The van der Waals surface area contributed by atoms with Crippen molar-refractivity contribution in [3.05, 3.63) is 11.6 Å². The second-order valence-electron chi connectivity index (χ2n) is 14.8. The number of ether oxygens (including phenoxy) is 3. The minimum absolute atomic E-state index is 0.0191. The van der Waals surface area contributed by atoms with Crippen molar-refractivity contribution in [2.24, 2.45) is 41.1 Å². The second-order valence-corrected chi connectivity index (χ2v) is 14.8. The van der Waals surface area contributed by atoms with Gasteiger partial charge in [-0.15, -0.1) is 0 Å². The van der Waals surface area contributed by atoms with Crippen LogP contribution in [-0.2, 0) is 23.8 Å². The number of carbonyl (C=O) groups excluding carboxylic acids is 2. The third-order valence-electron chi connectivity index (χ3n) is 11.6. The van der Waals surface area contributed by atoms with Crippen molar-refractivity contribution in [2.45, 2.75) is 127 Å². The molecule has 0 aromatic carbocycles. The van der Waals surface area contributed by atoms with Gasteiger partial charge in [-0.05, 0) is 110 Å². The third kappa shape index (κ3) is 8.03. The number of allylic oxidation sites excluding steroid dienone is 1. The molecule has 46 heavy (non-hydrogen) atoms. The van der Waals surface area contributed by atoms with E-state index in [9.17, 15) is 19.8 Å². The highest BCUT2D eigenvalue weighted by Gasteiger charge is 2.61. The molecule has 9 N–H and O–H groups in total. The molecule has 0 aromatic rings. The lowest BCUT2D eigenvalue weighted by atomic mass is 9.60. The quantitative estimate of drug-likeness (QED) is 0.123. The summed E-state index contributed by atoms with van der Waals surface area (Å²) in [4.78, 5) is 27.1. The third-order valence-corrected chi connectivity index (χ3v) is 11.6. The highest BCUT2D eigenvalue weighted by Crippen LogP contribution is 2.52. The number of Topliss-reactive ketones (excluding diaryl/α,β-unsaturated/α-hetero) is 1. The predicted molar refractivity (Wildman–Crippen MR) is 173 cm³/mol. The van der Waals surface area contributed by atoms with Gasteiger partial charge in [0.15, 0.2) is 0 Å². The molecule has 12 nitrogen and oxygen atoms in total. The van der Waals surface area contributed by atoms with E-state index >= 15 is 0 Å². The van der Waals surface area contributed by atoms with Crippen LogP contribution in [0.2, 0.25) is 0 Å². The first-order valence-electron chi connectivity index (χ1n) is 17.7. The summed E-state index contributed by atoms with van der Waals surface area (Å²) in [6.45, 7) is 5.94. The van der Waals surface area contributed by atoms with E-state index in [0.717, 1.165) is 51.6 Å². The lowest BCUT2D eigenvalue weighted by Gasteiger charge is -2.58. The van der Waals surface area contributed by atoms with Crippen LogP contribution in [0.1, 0.15) is 78.1 Å². The maximum Gasteiger partial charge on any atom is 0.334 e. The first kappa shape index (κ1) is 35.8. The fraction of sp³-hybridized carbons (Fsp3) is 0.882. The Balaban J connectivity index is 1.45. The molecule has 0 aromatic heterocycles. The van der Waals surface area contributed by atoms with Gasteiger partial charge in [0, 0.05) is 23.8 Å². The van der Waals surface area contributed by atoms with Crippen LogP contribution in [0.15, 0.2) is 11.6 Å². The summed E-state index contributed by atoms with van der Waals surface area (Å²) in [6, 6.07) is 0. The summed E-state index contributed by atoms with van der Waals surface area (Å²) in [7, 11) is 1.85. The van der Waals surface area contributed by atoms with Gasteiger partial charge in [-0.3, -0.25) is 4.79 Å². The van der Waals surface area contributed by atoms with E-state index in [1.807, 2.05) is 20.9 Å². The number of piperidine rings is 2. The Bertz CT molecular complexity index is 1070. The van der Waals surface area contributed by atoms with Crippen molar-refractivity contribution in [3.63, 3.8) is 0 Å². The van der Waals surface area contributed by atoms with E-state index < -0.39 is 48.0 Å². The maximum absolute atomic E-state index is 13.6. The molecule has 13 atom stereocenters. The zero-order chi connectivity index (χ0) is 33.0. The largest absolute Gasteiger partial charge is 0.456 e. The van der Waals surface area contributed by atoms with Gasteiger partial charge in [0.25, 0.3) is 0 Å². The van der Waals surface area contributed by atoms with Gasteiger partial charge in [0.05, 0.1) is 49.3 Å². The van der Waals surface area contributed by atoms with Gasteiger partial charge in [0.1, 0.15) is 17.5 Å². The van der Waals surface area contributed by atoms with E-state index in [0.29, 0.717) is 43.2 Å². The second kappa shape index (κ2) is 15.8. The first-order valence-corrected chi connectivity index (χ1v) is 17.7. The van der Waals surface area contributed by atoms with E-state index in [2.05, 4.69) is 16.0 Å². The molecule has 5 aliphatic rings. The average Bonchev–Trinajstić information content (AvgIpc) is 3.03. The van der Waals surface area contributed by atoms with Crippen LogP contribution < -0.4 is 27.4 Å². The van der Waals surface area contributed by atoms with E-state index in [-0.39, 0.29) is 43.0 Å². The maximum atomic E-state index is 13.6. The highest BCUT2D eigenvalue weighted by molar-refractivity contribution is 5.88. The summed E-state index contributed by atoms with van der Waals surface area (Å²) in [6.07, 6.45) is 5.54. The van der Waals surface area contributed by atoms with Crippen LogP contribution in [-0.4, -0.2) is 104 Å². The molecule has 1 saturated carbocycles. The molecule has 0 radical (unpaired) electrons. The minimum Gasteiger partial charge on any atom is -0.456 e. The van der Waals surface area contributed by atoms with Crippen LogP contribution >= 0.6 is 0 Å². The molecule has 0 bridgehead atoms. The van der Waals surface area contributed by atoms with Crippen LogP contribution in [0.4, 0.5) is 0 Å². The lowest BCUT2D eigenvalue weighted by Crippen LogP contribution is -2.68. The summed E-state index contributed by atoms with van der Waals surface area (Å²) >= 11 is 0. The topological polar surface area (TPSA) is 190 Å². The van der Waals surface area contributed by atoms with Crippen molar-refractivity contribution in [3.8, 4) is 0 Å². The molecular formula is C34H59N5O7. The number of fused-ring (bicyclic) bond motifs is 2. The molecule has 0 amide bonds. The Kier molecular flexibility index (Phi) is 12.3. The van der Waals surface area contributed by atoms with E-state index in [1.165, 1.54) is 0 Å². The molecule has 1 aliphatic carbocycles. The van der Waals surface area contributed by atoms with Crippen molar-refractivity contribution in [1.29, 1.82) is 0 Å². The number of rotatable bonds is 11. The van der Waals surface area contributed by atoms with Crippen molar-refractivity contribution < 1.29 is 34.0 Å². The fourth-order valence-electron chi connectivity index (χ4n) is 8.85. The van der Waals surface area contributed by atoms with Gasteiger partial charge < -0.3 is 51.8 Å². The Hall–Kier alpha value is -1.48. The lowest BCUT2D eigenvalue weighted by molar-refractivity contribution is -0.286. The number of nitrogens with one attached hydrogen (secondary N) is 3. The molecule has 5 fully saturated rings. The van der Waals surface area contributed by atoms with Gasteiger partial charge in [0.2, 0.25) is 0 Å². The molecular weight excluding hydrogens is 590 g/mol. The van der Waals surface area contributed by atoms with Crippen LogP contribution in [0, 0.1) is 29.6 Å². The van der Waals surface area contributed by atoms with E-state index in [4.69, 9.17) is 25.7 Å². The number of aliphatic hydroxyl groups is 2. The van der Waals surface area contributed by atoms with Crippen LogP contribution in [0.25, 0.3) is 0 Å². The first-order chi connectivity index (χ1) is 22.1. The summed E-state index contributed by atoms with van der Waals surface area (Å²) in [5.74, 6) is -1.03. The zero-order valence-electron chi connectivity index (χ0n) is 28.0. The molecule has 262 valence electrons. The van der Waals surface area contributed by atoms with Crippen molar-refractivity contribution >= 4 is 11.8 Å². The van der Waals surface area contributed by atoms with Crippen molar-refractivity contribution in [1.82, 2.24) is 16.0 Å². The van der Waals surface area contributed by atoms with Crippen LogP contribution in [0.3, 0.4) is 0 Å². The zero-order valence-corrected chi connectivity index (χ0v) is 28.0.